The van der Waals surface area contributed by atoms with E-state index in [1.807, 2.05) is 24.3 Å². The summed E-state index contributed by atoms with van der Waals surface area (Å²) in [6.07, 6.45) is 6.33. The molecular weight excluding hydrogens is 1090 g/mol. The molecule has 5 aromatic rings. The Morgan fingerprint density at radius 3 is 1.87 bits per heavy atom. The van der Waals surface area contributed by atoms with E-state index in [0.717, 1.165) is 81.3 Å². The number of fused-ring (bicyclic) bond motifs is 4. The summed E-state index contributed by atoms with van der Waals surface area (Å²) in [5, 5.41) is 8.33. The monoisotopic (exact) mass is 1130 g/mol. The number of nitrogens with one attached hydrogen (secondary N) is 1. The lowest BCUT2D eigenvalue weighted by Gasteiger charge is -2.28. The second-order valence-electron chi connectivity index (χ2n) is 16.2. The van der Waals surface area contributed by atoms with Crippen LogP contribution in [0.3, 0.4) is 0 Å². The Hall–Kier alpha value is -3.06. The molecule has 18 heteroatoms. The number of carbonyl (C=O) groups excluding carboxylic acids is 2. The number of nitrogen functional groups attached to an aromatic ring is 1. The van der Waals surface area contributed by atoms with Gasteiger partial charge in [0.25, 0.3) is 0 Å². The topological polar surface area (TPSA) is 97.1 Å². The largest absolute Gasteiger partial charge is 0.452 e. The predicted molar refractivity (Wildman–Crippen MR) is 291 cm³/mol. The first kappa shape index (κ1) is 55.3. The number of nitrogens with zero attached hydrogens (tertiary/aromatic N) is 2. The van der Waals surface area contributed by atoms with Crippen molar-refractivity contribution in [1.29, 1.82) is 0 Å². The number of ether oxygens (including phenoxy) is 2. The molecule has 10 rings (SSSR count). The van der Waals surface area contributed by atoms with Gasteiger partial charge in [-0.25, -0.2) is 9.59 Å². The van der Waals surface area contributed by atoms with Gasteiger partial charge in [-0.1, -0.05) is 111 Å². The number of amides is 1. The standard InChI is InChI=1S/C21H20Cl3N.C12H12ClN.C9H7Cl2NO2.C6H5Cl2N.C3H4Cl2O2/c22-17-5-4-15-11-16-13-25(9-7-18(16)19(15)12-17)8-1-2-14-3-6-20(23)21(24)10-14;13-10-2-1-8-5-9-7-14-4-3-11(9)12(8)6-10;10-7-2-1-6(5-8(7)11)12-3-4-14-9(12)13;7-5-2-1-4(9)3-6(5)8;4-1-2-7-3(5)6/h3-6,10,12H,1-2,7-9,11,13H2;1-2,6,14H,3-5,7H2;1-2,5H,3-4H2;1-3H,9H2;1-2H2. The Balaban J connectivity index is 0.000000153. The van der Waals surface area contributed by atoms with Crippen LogP contribution in [0.15, 0.2) is 102 Å². The molecule has 2 aliphatic carbocycles. The van der Waals surface area contributed by atoms with E-state index in [2.05, 4.69) is 45.3 Å². The molecule has 69 heavy (non-hydrogen) atoms. The lowest BCUT2D eigenvalue weighted by molar-refractivity contribution is 0.180. The van der Waals surface area contributed by atoms with Gasteiger partial charge in [0.05, 0.1) is 42.6 Å². The summed E-state index contributed by atoms with van der Waals surface area (Å²) in [7, 11) is 0. The van der Waals surface area contributed by atoms with Crippen molar-refractivity contribution in [2.75, 3.05) is 69.0 Å². The molecule has 3 N–H and O–H groups in total. The number of alkyl halides is 1. The fourth-order valence-corrected chi connectivity index (χ4v) is 9.76. The highest BCUT2D eigenvalue weighted by Crippen LogP contribution is 2.40. The van der Waals surface area contributed by atoms with Crippen molar-refractivity contribution in [1.82, 2.24) is 10.2 Å². The molecule has 1 fully saturated rings. The molecule has 1 saturated heterocycles. The van der Waals surface area contributed by atoms with Gasteiger partial charge in [-0.2, -0.15) is 0 Å². The molecule has 0 spiro atoms. The molecule has 1 amide bonds. The molecule has 5 aromatic carbocycles. The Bertz CT molecular complexity index is 2700. The number of nitrogens with two attached hydrogens (primary N) is 1. The minimum atomic E-state index is -0.805. The SMILES string of the molecule is Clc1ccc2c(c1)C1=C(C2)CN(CCCc2ccc(Cl)c(Cl)c2)CC1.Clc1ccc2c(c1)C1=C(CNCC1)C2.Nc1ccc(Cl)c(Cl)c1.O=C(Cl)OCCCl.O=C1OCCN1c1ccc(Cl)c(Cl)c1. The summed E-state index contributed by atoms with van der Waals surface area (Å²) < 4.78 is 8.99. The van der Waals surface area contributed by atoms with Gasteiger partial charge in [0.15, 0.2) is 0 Å². The molecule has 3 aliphatic heterocycles. The smallest absolute Gasteiger partial charge is 0.414 e. The minimum Gasteiger partial charge on any atom is -0.452 e. The van der Waals surface area contributed by atoms with Crippen LogP contribution in [0.25, 0.3) is 11.1 Å². The molecule has 0 unspecified atom stereocenters. The third kappa shape index (κ3) is 16.2. The number of rotatable bonds is 7. The van der Waals surface area contributed by atoms with Gasteiger partial charge in [-0.15, -0.1) is 11.6 Å². The lowest BCUT2D eigenvalue weighted by atomic mass is 9.99. The summed E-state index contributed by atoms with van der Waals surface area (Å²) in [5.41, 5.74) is 19.1. The zero-order valence-corrected chi connectivity index (χ0v) is 44.7. The Morgan fingerprint density at radius 2 is 1.30 bits per heavy atom. The van der Waals surface area contributed by atoms with E-state index < -0.39 is 5.43 Å². The van der Waals surface area contributed by atoms with E-state index in [0.29, 0.717) is 60.5 Å². The van der Waals surface area contributed by atoms with Crippen LogP contribution in [0.1, 0.15) is 47.1 Å². The molecule has 5 aliphatic rings. The number of cyclic esters (lactones) is 1. The first-order valence-corrected chi connectivity index (χ1v) is 25.9. The first-order valence-electron chi connectivity index (χ1n) is 21.9. The van der Waals surface area contributed by atoms with E-state index in [1.165, 1.54) is 32.7 Å². The van der Waals surface area contributed by atoms with Gasteiger partial charge >= 0.3 is 11.5 Å². The third-order valence-electron chi connectivity index (χ3n) is 11.6. The highest BCUT2D eigenvalue weighted by Gasteiger charge is 2.27. The van der Waals surface area contributed by atoms with Gasteiger partial charge in [-0.3, -0.25) is 9.80 Å². The third-order valence-corrected chi connectivity index (χ3v) is 14.5. The Kier molecular flexibility index (Phi) is 21.7. The number of aryl methyl sites for hydroxylation is 1. The maximum Gasteiger partial charge on any atom is 0.414 e. The van der Waals surface area contributed by atoms with E-state index >= 15 is 0 Å². The number of carbonyl (C=O) groups is 2. The Labute approximate surface area is 453 Å². The van der Waals surface area contributed by atoms with Crippen molar-refractivity contribution in [3.63, 3.8) is 0 Å². The molecule has 0 atom stereocenters. The van der Waals surface area contributed by atoms with E-state index in [9.17, 15) is 9.59 Å². The zero-order valence-electron chi connectivity index (χ0n) is 37.2. The molecular formula is C51H48Cl10N4O4. The van der Waals surface area contributed by atoms with Gasteiger partial charge < -0.3 is 20.5 Å². The number of benzene rings is 5. The van der Waals surface area contributed by atoms with Crippen molar-refractivity contribution < 1.29 is 19.1 Å². The molecule has 0 bridgehead atoms. The van der Waals surface area contributed by atoms with Gasteiger partial charge in [-0.05, 0) is 175 Å². The zero-order chi connectivity index (χ0) is 49.6. The van der Waals surface area contributed by atoms with Crippen LogP contribution in [0, 0.1) is 0 Å². The highest BCUT2D eigenvalue weighted by atomic mass is 35.5. The number of anilines is 2. The van der Waals surface area contributed by atoms with Crippen molar-refractivity contribution >= 4 is 150 Å². The predicted octanol–water partition coefficient (Wildman–Crippen LogP) is 16.1. The van der Waals surface area contributed by atoms with E-state index in [4.69, 9.17) is 126 Å². The molecule has 8 nitrogen and oxygen atoms in total. The van der Waals surface area contributed by atoms with Crippen molar-refractivity contribution in [2.45, 2.75) is 38.5 Å². The summed E-state index contributed by atoms with van der Waals surface area (Å²) in [4.78, 5) is 25.0. The van der Waals surface area contributed by atoms with Gasteiger partial charge in [0.2, 0.25) is 0 Å². The highest BCUT2D eigenvalue weighted by molar-refractivity contribution is 6.61. The van der Waals surface area contributed by atoms with Gasteiger partial charge in [0, 0.05) is 52.7 Å². The van der Waals surface area contributed by atoms with Crippen molar-refractivity contribution in [3.05, 3.63) is 170 Å². The van der Waals surface area contributed by atoms with Crippen LogP contribution in [0.4, 0.5) is 21.0 Å². The average molecular weight is 1140 g/mol. The molecule has 0 saturated carbocycles. The summed E-state index contributed by atoms with van der Waals surface area (Å²) >= 11 is 56.9. The number of hydrogen-bond acceptors (Lipinski definition) is 7. The first-order chi connectivity index (χ1) is 33.1. The Morgan fingerprint density at radius 1 is 0.696 bits per heavy atom. The van der Waals surface area contributed by atoms with Crippen LogP contribution in [-0.4, -0.2) is 74.8 Å². The summed E-state index contributed by atoms with van der Waals surface area (Å²) in [6.45, 7) is 6.65. The fourth-order valence-electron chi connectivity index (χ4n) is 8.34. The van der Waals surface area contributed by atoms with Crippen molar-refractivity contribution in [3.8, 4) is 0 Å². The number of halogens is 10. The van der Waals surface area contributed by atoms with E-state index in [1.54, 1.807) is 58.7 Å². The van der Waals surface area contributed by atoms with E-state index in [-0.39, 0.29) is 12.7 Å². The normalized spacial score (nSPS) is 15.4. The molecule has 366 valence electrons. The maximum atomic E-state index is 11.2. The van der Waals surface area contributed by atoms with Crippen molar-refractivity contribution in [2.24, 2.45) is 0 Å². The second-order valence-corrected chi connectivity index (χ2v) is 20.2. The molecule has 0 radical (unpaired) electrons. The summed E-state index contributed by atoms with van der Waals surface area (Å²) in [6, 6.07) is 28.6. The van der Waals surface area contributed by atoms with Crippen LogP contribution < -0.4 is 16.0 Å². The lowest BCUT2D eigenvalue weighted by Crippen LogP contribution is -2.32. The minimum absolute atomic E-state index is 0.184. The van der Waals surface area contributed by atoms with Crippen LogP contribution in [0.2, 0.25) is 40.2 Å². The quantitative estimate of drug-likeness (QED) is 0.0952. The van der Waals surface area contributed by atoms with Gasteiger partial charge in [0.1, 0.15) is 13.2 Å². The second kappa shape index (κ2) is 27.1. The fraction of sp³-hybridized carbons (Fsp3) is 0.294. The van der Waals surface area contributed by atoms with Crippen LogP contribution in [0.5, 0.6) is 0 Å². The molecule has 0 aromatic heterocycles. The summed E-state index contributed by atoms with van der Waals surface area (Å²) in [5.74, 6) is 0.290. The van der Waals surface area contributed by atoms with Crippen LogP contribution >= 0.6 is 116 Å². The molecule has 3 heterocycles. The average Bonchev–Trinajstić information content (AvgIpc) is 4.04. The maximum absolute atomic E-state index is 11.2. The number of hydrogen-bond donors (Lipinski definition) is 2. The van der Waals surface area contributed by atoms with Crippen LogP contribution in [-0.2, 0) is 28.7 Å².